The molecule has 1 unspecified atom stereocenters. The normalized spacial score (nSPS) is 20.8. The van der Waals surface area contributed by atoms with Gasteiger partial charge < -0.3 is 9.51 Å². The molecule has 1 fully saturated rings. The summed E-state index contributed by atoms with van der Waals surface area (Å²) in [6, 6.07) is 3.47. The number of aromatic nitrogens is 2. The summed E-state index contributed by atoms with van der Waals surface area (Å²) in [5.41, 5.74) is 0.975. The second-order valence-electron chi connectivity index (χ2n) is 4.64. The molecule has 0 bridgehead atoms. The molecule has 3 heterocycles. The number of aromatic hydroxyl groups is 1. The Morgan fingerprint density at radius 2 is 2.47 bits per heavy atom. The SMILES string of the molecule is Oc1ccn2c(CC3CCCSC3)ncc2c1. The third-order valence-corrected chi connectivity index (χ3v) is 4.60. The molecule has 0 saturated carbocycles. The number of thioether (sulfide) groups is 1. The van der Waals surface area contributed by atoms with Crippen LogP contribution >= 0.6 is 11.8 Å². The van der Waals surface area contributed by atoms with Crippen molar-refractivity contribution >= 4 is 17.3 Å². The first-order valence-electron chi connectivity index (χ1n) is 6.05. The van der Waals surface area contributed by atoms with Crippen LogP contribution in [0.25, 0.3) is 5.52 Å². The second-order valence-corrected chi connectivity index (χ2v) is 5.79. The Morgan fingerprint density at radius 1 is 1.53 bits per heavy atom. The Labute approximate surface area is 105 Å². The van der Waals surface area contributed by atoms with Crippen molar-refractivity contribution in [2.75, 3.05) is 11.5 Å². The molecular weight excluding hydrogens is 232 g/mol. The molecule has 4 heteroatoms. The lowest BCUT2D eigenvalue weighted by molar-refractivity contribution is 0.474. The summed E-state index contributed by atoms with van der Waals surface area (Å²) in [4.78, 5) is 4.47. The lowest BCUT2D eigenvalue weighted by Gasteiger charge is -2.20. The highest BCUT2D eigenvalue weighted by atomic mass is 32.2. The predicted molar refractivity (Wildman–Crippen MR) is 70.6 cm³/mol. The van der Waals surface area contributed by atoms with E-state index in [1.807, 2.05) is 12.4 Å². The van der Waals surface area contributed by atoms with E-state index < -0.39 is 0 Å². The van der Waals surface area contributed by atoms with Crippen molar-refractivity contribution in [2.24, 2.45) is 5.92 Å². The highest BCUT2D eigenvalue weighted by Gasteiger charge is 2.16. The van der Waals surface area contributed by atoms with Crippen molar-refractivity contribution < 1.29 is 5.11 Å². The zero-order valence-electron chi connectivity index (χ0n) is 9.67. The zero-order valence-corrected chi connectivity index (χ0v) is 10.5. The van der Waals surface area contributed by atoms with Gasteiger partial charge >= 0.3 is 0 Å². The van der Waals surface area contributed by atoms with Gasteiger partial charge in [-0.15, -0.1) is 0 Å². The van der Waals surface area contributed by atoms with Crippen LogP contribution in [0.2, 0.25) is 0 Å². The van der Waals surface area contributed by atoms with Gasteiger partial charge in [-0.2, -0.15) is 11.8 Å². The number of hydrogen-bond acceptors (Lipinski definition) is 3. The van der Waals surface area contributed by atoms with Gasteiger partial charge in [0.25, 0.3) is 0 Å². The minimum absolute atomic E-state index is 0.303. The molecule has 2 aromatic rings. The minimum atomic E-state index is 0.303. The van der Waals surface area contributed by atoms with Crippen LogP contribution in [0.1, 0.15) is 18.7 Å². The van der Waals surface area contributed by atoms with E-state index in [0.29, 0.717) is 5.75 Å². The number of pyridine rings is 1. The summed E-state index contributed by atoms with van der Waals surface area (Å²) >= 11 is 2.06. The summed E-state index contributed by atoms with van der Waals surface area (Å²) in [5.74, 6) is 4.75. The van der Waals surface area contributed by atoms with E-state index in [2.05, 4.69) is 21.1 Å². The van der Waals surface area contributed by atoms with Gasteiger partial charge in [-0.1, -0.05) is 0 Å². The van der Waals surface area contributed by atoms with Crippen LogP contribution < -0.4 is 0 Å². The molecule has 3 nitrogen and oxygen atoms in total. The van der Waals surface area contributed by atoms with Gasteiger partial charge in [0.1, 0.15) is 11.6 Å². The maximum Gasteiger partial charge on any atom is 0.119 e. The smallest absolute Gasteiger partial charge is 0.119 e. The number of nitrogens with zero attached hydrogens (tertiary/aromatic N) is 2. The summed E-state index contributed by atoms with van der Waals surface area (Å²) in [6.45, 7) is 0. The first-order valence-corrected chi connectivity index (χ1v) is 7.21. The van der Waals surface area contributed by atoms with E-state index >= 15 is 0 Å². The highest BCUT2D eigenvalue weighted by molar-refractivity contribution is 7.99. The first kappa shape index (κ1) is 11.0. The quantitative estimate of drug-likeness (QED) is 0.888. The van der Waals surface area contributed by atoms with Crippen molar-refractivity contribution in [3.63, 3.8) is 0 Å². The van der Waals surface area contributed by atoms with Crippen LogP contribution in [-0.2, 0) is 6.42 Å². The van der Waals surface area contributed by atoms with Crippen LogP contribution in [-0.4, -0.2) is 26.0 Å². The van der Waals surface area contributed by atoms with Crippen molar-refractivity contribution in [3.05, 3.63) is 30.4 Å². The average Bonchev–Trinajstić information content (AvgIpc) is 2.73. The Bertz CT molecular complexity index is 517. The zero-order chi connectivity index (χ0) is 11.7. The van der Waals surface area contributed by atoms with Gasteiger partial charge in [0.05, 0.1) is 11.7 Å². The van der Waals surface area contributed by atoms with Crippen molar-refractivity contribution in [1.82, 2.24) is 9.38 Å². The molecule has 1 atom stereocenters. The third kappa shape index (κ3) is 2.27. The molecule has 0 amide bonds. The standard InChI is InChI=1S/C13H16N2OS/c16-12-3-4-15-11(7-12)8-14-13(15)6-10-2-1-5-17-9-10/h3-4,7-8,10,16H,1-2,5-6,9H2. The monoisotopic (exact) mass is 248 g/mol. The van der Waals surface area contributed by atoms with E-state index in [0.717, 1.165) is 23.7 Å². The average molecular weight is 248 g/mol. The van der Waals surface area contributed by atoms with Gasteiger partial charge in [-0.25, -0.2) is 4.98 Å². The van der Waals surface area contributed by atoms with E-state index in [9.17, 15) is 5.11 Å². The third-order valence-electron chi connectivity index (χ3n) is 3.32. The minimum Gasteiger partial charge on any atom is -0.508 e. The lowest BCUT2D eigenvalue weighted by Crippen LogP contribution is -2.14. The number of rotatable bonds is 2. The first-order chi connectivity index (χ1) is 8.33. The topological polar surface area (TPSA) is 37.5 Å². The summed E-state index contributed by atoms with van der Waals surface area (Å²) in [6.07, 6.45) is 7.44. The molecule has 3 rings (SSSR count). The largest absolute Gasteiger partial charge is 0.508 e. The van der Waals surface area contributed by atoms with Crippen LogP contribution in [0, 0.1) is 5.92 Å². The fourth-order valence-electron chi connectivity index (χ4n) is 2.42. The number of hydrogen-bond donors (Lipinski definition) is 1. The molecule has 17 heavy (non-hydrogen) atoms. The van der Waals surface area contributed by atoms with Gasteiger partial charge in [-0.3, -0.25) is 0 Å². The molecule has 1 N–H and O–H groups in total. The molecule has 0 radical (unpaired) electrons. The molecule has 0 aromatic carbocycles. The summed E-state index contributed by atoms with van der Waals surface area (Å²) in [5, 5.41) is 9.42. The fraction of sp³-hybridized carbons (Fsp3) is 0.462. The summed E-state index contributed by atoms with van der Waals surface area (Å²) < 4.78 is 2.08. The Morgan fingerprint density at radius 3 is 3.29 bits per heavy atom. The summed E-state index contributed by atoms with van der Waals surface area (Å²) in [7, 11) is 0. The number of fused-ring (bicyclic) bond motifs is 1. The Kier molecular flexibility index (Phi) is 2.97. The molecule has 1 aliphatic heterocycles. The molecule has 0 aliphatic carbocycles. The highest BCUT2D eigenvalue weighted by Crippen LogP contribution is 2.26. The van der Waals surface area contributed by atoms with E-state index in [-0.39, 0.29) is 0 Å². The molecule has 1 aliphatic rings. The van der Waals surface area contributed by atoms with E-state index in [4.69, 9.17) is 0 Å². The predicted octanol–water partition coefficient (Wildman–Crippen LogP) is 2.73. The van der Waals surface area contributed by atoms with Gasteiger partial charge in [0.2, 0.25) is 0 Å². The second kappa shape index (κ2) is 4.61. The van der Waals surface area contributed by atoms with Crippen molar-refractivity contribution in [1.29, 1.82) is 0 Å². The molecule has 2 aromatic heterocycles. The maximum absolute atomic E-state index is 9.42. The Balaban J connectivity index is 1.84. The molecule has 0 spiro atoms. The van der Waals surface area contributed by atoms with E-state index in [1.54, 1.807) is 12.1 Å². The van der Waals surface area contributed by atoms with Crippen LogP contribution in [0.5, 0.6) is 5.75 Å². The van der Waals surface area contributed by atoms with Crippen molar-refractivity contribution in [3.8, 4) is 5.75 Å². The van der Waals surface area contributed by atoms with E-state index in [1.165, 1.54) is 24.3 Å². The maximum atomic E-state index is 9.42. The number of imidazole rings is 1. The fourth-order valence-corrected chi connectivity index (χ4v) is 3.58. The molecular formula is C13H16N2OS. The molecule has 1 saturated heterocycles. The molecule has 90 valence electrons. The van der Waals surface area contributed by atoms with Crippen molar-refractivity contribution in [2.45, 2.75) is 19.3 Å². The van der Waals surface area contributed by atoms with Gasteiger partial charge in [-0.05, 0) is 36.3 Å². The van der Waals surface area contributed by atoms with Crippen LogP contribution in [0.15, 0.2) is 24.5 Å². The lowest BCUT2D eigenvalue weighted by atomic mass is 10.0. The Hall–Kier alpha value is -1.16. The van der Waals surface area contributed by atoms with Crippen LogP contribution in [0.4, 0.5) is 0 Å². The van der Waals surface area contributed by atoms with Gasteiger partial charge in [0.15, 0.2) is 0 Å². The van der Waals surface area contributed by atoms with Crippen LogP contribution in [0.3, 0.4) is 0 Å². The van der Waals surface area contributed by atoms with Gasteiger partial charge in [0, 0.05) is 18.7 Å².